The molecule has 0 aromatic heterocycles. The van der Waals surface area contributed by atoms with Gasteiger partial charge in [0.05, 0.1) is 18.9 Å². The van der Waals surface area contributed by atoms with Crippen molar-refractivity contribution in [3.8, 4) is 0 Å². The molecule has 0 radical (unpaired) electrons. The second-order valence-corrected chi connectivity index (χ2v) is 6.60. The summed E-state index contributed by atoms with van der Waals surface area (Å²) >= 11 is 0. The topological polar surface area (TPSA) is 118 Å². The van der Waals surface area contributed by atoms with E-state index in [1.165, 1.54) is 5.56 Å². The van der Waals surface area contributed by atoms with Crippen LogP contribution in [0.1, 0.15) is 24.5 Å². The maximum Gasteiger partial charge on any atom is 0.321 e. The molecule has 1 aliphatic rings. The molecule has 0 spiro atoms. The van der Waals surface area contributed by atoms with E-state index in [0.29, 0.717) is 0 Å². The third-order valence-corrected chi connectivity index (χ3v) is 4.26. The highest BCUT2D eigenvalue weighted by atomic mass is 16.3. The monoisotopic (exact) mass is 351 g/mol. The summed E-state index contributed by atoms with van der Waals surface area (Å²) in [5, 5.41) is 33.6. The number of rotatable bonds is 6. The van der Waals surface area contributed by atoms with Crippen LogP contribution in [0.5, 0.6) is 0 Å². The lowest BCUT2D eigenvalue weighted by Gasteiger charge is -2.37. The van der Waals surface area contributed by atoms with Crippen LogP contribution in [0, 0.1) is 13.8 Å². The zero-order valence-electron chi connectivity index (χ0n) is 15.0. The first-order chi connectivity index (χ1) is 11.9. The summed E-state index contributed by atoms with van der Waals surface area (Å²) in [6, 6.07) is 5.64. The van der Waals surface area contributed by atoms with Crippen LogP contribution in [0.25, 0.3) is 0 Å². The van der Waals surface area contributed by atoms with Crippen LogP contribution in [0.3, 0.4) is 0 Å². The van der Waals surface area contributed by atoms with E-state index in [9.17, 15) is 9.90 Å². The van der Waals surface area contributed by atoms with Gasteiger partial charge in [0.2, 0.25) is 0 Å². The Bertz CT molecular complexity index is 583. The molecule has 1 heterocycles. The van der Waals surface area contributed by atoms with Crippen molar-refractivity contribution in [3.63, 3.8) is 0 Å². The van der Waals surface area contributed by atoms with Gasteiger partial charge in [0.1, 0.15) is 6.29 Å². The Kier molecular flexibility index (Phi) is 7.15. The maximum absolute atomic E-state index is 12.2. The molecule has 4 unspecified atom stereocenters. The average Bonchev–Trinajstić information content (AvgIpc) is 2.55. The summed E-state index contributed by atoms with van der Waals surface area (Å²) in [5.74, 6) is 0. The van der Waals surface area contributed by atoms with Gasteiger partial charge in [-0.1, -0.05) is 6.07 Å². The summed E-state index contributed by atoms with van der Waals surface area (Å²) < 4.78 is 0. The fourth-order valence-electron chi connectivity index (χ4n) is 2.71. The lowest BCUT2D eigenvalue weighted by Crippen LogP contribution is -2.68. The van der Waals surface area contributed by atoms with Crippen LogP contribution < -0.4 is 26.6 Å². The predicted octanol–water partition coefficient (Wildman–Crippen LogP) is -0.0512. The average molecular weight is 351 g/mol. The van der Waals surface area contributed by atoms with E-state index in [2.05, 4.69) is 26.6 Å². The molecular weight excluding hydrogens is 322 g/mol. The molecule has 1 aromatic carbocycles. The number of anilines is 1. The molecule has 8 heteroatoms. The molecule has 0 aliphatic carbocycles. The summed E-state index contributed by atoms with van der Waals surface area (Å²) in [7, 11) is 0. The van der Waals surface area contributed by atoms with Crippen molar-refractivity contribution >= 4 is 11.7 Å². The number of nitrogens with one attached hydrogen (secondary N) is 5. The number of urea groups is 1. The zero-order valence-corrected chi connectivity index (χ0v) is 15.0. The van der Waals surface area contributed by atoms with E-state index >= 15 is 0 Å². The van der Waals surface area contributed by atoms with Gasteiger partial charge in [-0.05, 0) is 50.5 Å². The van der Waals surface area contributed by atoms with Crippen LogP contribution in [-0.4, -0.2) is 54.0 Å². The van der Waals surface area contributed by atoms with Crippen molar-refractivity contribution in [1.29, 1.82) is 0 Å². The number of hydrogen-bond donors (Lipinski definition) is 7. The molecule has 1 saturated heterocycles. The minimum atomic E-state index is -0.800. The van der Waals surface area contributed by atoms with E-state index in [1.54, 1.807) is 0 Å². The molecule has 7 N–H and O–H groups in total. The van der Waals surface area contributed by atoms with Crippen molar-refractivity contribution in [1.82, 2.24) is 21.3 Å². The smallest absolute Gasteiger partial charge is 0.321 e. The second kappa shape index (κ2) is 9.12. The van der Waals surface area contributed by atoms with Crippen LogP contribution in [0.15, 0.2) is 18.2 Å². The molecule has 0 saturated carbocycles. The first-order valence-electron chi connectivity index (χ1n) is 8.56. The largest absolute Gasteiger partial charge is 0.394 e. The van der Waals surface area contributed by atoms with Gasteiger partial charge < -0.3 is 20.8 Å². The van der Waals surface area contributed by atoms with E-state index in [0.717, 1.165) is 17.7 Å². The number of aliphatic hydroxyl groups is 2. The van der Waals surface area contributed by atoms with Crippen LogP contribution in [-0.2, 0) is 0 Å². The van der Waals surface area contributed by atoms with Crippen molar-refractivity contribution in [2.75, 3.05) is 18.5 Å². The quantitative estimate of drug-likeness (QED) is 0.386. The molecule has 25 heavy (non-hydrogen) atoms. The normalized spacial score (nSPS) is 24.6. The van der Waals surface area contributed by atoms with Gasteiger partial charge in [-0.15, -0.1) is 0 Å². The molecule has 140 valence electrons. The first-order valence-corrected chi connectivity index (χ1v) is 8.56. The Morgan fingerprint density at radius 3 is 2.76 bits per heavy atom. The summed E-state index contributed by atoms with van der Waals surface area (Å²) in [4.78, 5) is 12.2. The van der Waals surface area contributed by atoms with Crippen molar-refractivity contribution in [2.45, 2.75) is 51.8 Å². The lowest BCUT2D eigenvalue weighted by atomic mass is 10.1. The molecule has 1 aliphatic heterocycles. The third kappa shape index (κ3) is 6.26. The highest BCUT2D eigenvalue weighted by molar-refractivity contribution is 5.89. The highest BCUT2D eigenvalue weighted by Gasteiger charge is 2.26. The van der Waals surface area contributed by atoms with Gasteiger partial charge in [0.15, 0.2) is 0 Å². The van der Waals surface area contributed by atoms with Crippen LogP contribution in [0.2, 0.25) is 0 Å². The Morgan fingerprint density at radius 2 is 2.08 bits per heavy atom. The molecule has 2 rings (SSSR count). The van der Waals surface area contributed by atoms with E-state index in [-0.39, 0.29) is 31.4 Å². The van der Waals surface area contributed by atoms with Crippen LogP contribution in [0.4, 0.5) is 10.5 Å². The molecule has 1 fully saturated rings. The Labute approximate surface area is 148 Å². The number of carbonyl (C=O) groups is 1. The number of hydrogen-bond acceptors (Lipinski definition) is 6. The fourth-order valence-corrected chi connectivity index (χ4v) is 2.71. The Balaban J connectivity index is 1.85. The Morgan fingerprint density at radius 1 is 1.32 bits per heavy atom. The maximum atomic E-state index is 12.2. The molecule has 1 aromatic rings. The number of aliphatic hydroxyl groups excluding tert-OH is 2. The van der Waals surface area contributed by atoms with Gasteiger partial charge in [-0.25, -0.2) is 4.79 Å². The Hall–Kier alpha value is -1.71. The summed E-state index contributed by atoms with van der Waals surface area (Å²) in [5.41, 5.74) is 3.03. The molecule has 2 amide bonds. The lowest BCUT2D eigenvalue weighted by molar-refractivity contribution is 0.0853. The van der Waals surface area contributed by atoms with Crippen molar-refractivity contribution in [2.24, 2.45) is 0 Å². The third-order valence-electron chi connectivity index (χ3n) is 4.26. The van der Waals surface area contributed by atoms with Crippen molar-refractivity contribution < 1.29 is 15.0 Å². The predicted molar refractivity (Wildman–Crippen MR) is 97.1 cm³/mol. The van der Waals surface area contributed by atoms with Gasteiger partial charge in [0, 0.05) is 18.3 Å². The summed E-state index contributed by atoms with van der Waals surface area (Å²) in [6.07, 6.45) is -0.496. The molecule has 0 bridgehead atoms. The van der Waals surface area contributed by atoms with Gasteiger partial charge in [0.25, 0.3) is 0 Å². The van der Waals surface area contributed by atoms with Crippen molar-refractivity contribution in [3.05, 3.63) is 29.3 Å². The standard InChI is InChI=1S/C17H29N5O3/c1-10-4-5-13(6-11(10)2)20-17(25)22-16-19-12(3)7-15(21-16)18-8-14(24)9-23/h4-6,12,14-16,18-19,21,23-24H,7-9H2,1-3H3,(H2,20,22,25). The number of aryl methyl sites for hydroxylation is 2. The van der Waals surface area contributed by atoms with Crippen LogP contribution >= 0.6 is 0 Å². The van der Waals surface area contributed by atoms with E-state index in [1.807, 2.05) is 39.0 Å². The highest BCUT2D eigenvalue weighted by Crippen LogP contribution is 2.14. The summed E-state index contributed by atoms with van der Waals surface area (Å²) in [6.45, 7) is 6.04. The fraction of sp³-hybridized carbons (Fsp3) is 0.588. The van der Waals surface area contributed by atoms with E-state index in [4.69, 9.17) is 5.11 Å². The second-order valence-electron chi connectivity index (χ2n) is 6.60. The van der Waals surface area contributed by atoms with Gasteiger partial charge >= 0.3 is 6.03 Å². The van der Waals surface area contributed by atoms with E-state index < -0.39 is 12.4 Å². The molecule has 8 nitrogen and oxygen atoms in total. The zero-order chi connectivity index (χ0) is 18.4. The number of amides is 2. The number of benzene rings is 1. The van der Waals surface area contributed by atoms with Gasteiger partial charge in [-0.3, -0.25) is 16.0 Å². The molecular formula is C17H29N5O3. The number of carbonyl (C=O) groups excluding carboxylic acids is 1. The minimum absolute atomic E-state index is 0.0793. The first kappa shape index (κ1) is 19.6. The SMILES string of the molecule is Cc1ccc(NC(=O)NC2NC(C)CC(NCC(O)CO)N2)cc1C. The van der Waals surface area contributed by atoms with Gasteiger partial charge in [-0.2, -0.15) is 0 Å². The minimum Gasteiger partial charge on any atom is -0.394 e. The molecule has 4 atom stereocenters.